The van der Waals surface area contributed by atoms with Crippen molar-refractivity contribution in [2.75, 3.05) is 12.9 Å². The van der Waals surface area contributed by atoms with Crippen molar-refractivity contribution in [3.63, 3.8) is 0 Å². The van der Waals surface area contributed by atoms with Gasteiger partial charge in [0.1, 0.15) is 0 Å². The molecular formula is C10H15N3S2. The molecule has 0 aliphatic heterocycles. The molecule has 0 spiro atoms. The van der Waals surface area contributed by atoms with Crippen LogP contribution in [-0.4, -0.2) is 24.6 Å². The van der Waals surface area contributed by atoms with E-state index in [9.17, 15) is 0 Å². The molecule has 0 bridgehead atoms. The smallest absolute Gasteiger partial charge is 0.0904 e. The van der Waals surface area contributed by atoms with E-state index in [2.05, 4.69) is 22.0 Å². The molecule has 1 N–H and O–H groups in total. The minimum Gasteiger partial charge on any atom is -0.311 e. The van der Waals surface area contributed by atoms with Crippen LogP contribution in [0.15, 0.2) is 10.4 Å². The number of hydrogen-bond donors (Lipinski definition) is 1. The molecule has 0 aliphatic carbocycles. The van der Waals surface area contributed by atoms with Crippen LogP contribution >= 0.6 is 23.1 Å². The molecule has 0 unspecified atom stereocenters. The summed E-state index contributed by atoms with van der Waals surface area (Å²) in [6.07, 6.45) is 0. The van der Waals surface area contributed by atoms with Crippen molar-refractivity contribution in [2.45, 2.75) is 13.8 Å². The Bertz CT molecular complexity index is 369. The van der Waals surface area contributed by atoms with E-state index in [0.29, 0.717) is 0 Å². The highest BCUT2D eigenvalue weighted by Gasteiger charge is 2.08. The first-order chi connectivity index (χ1) is 7.19. The van der Waals surface area contributed by atoms with E-state index in [1.165, 1.54) is 0 Å². The highest BCUT2D eigenvalue weighted by atomic mass is 32.2. The van der Waals surface area contributed by atoms with Crippen molar-refractivity contribution < 1.29 is 0 Å². The van der Waals surface area contributed by atoms with E-state index in [-0.39, 0.29) is 0 Å². The predicted molar refractivity (Wildman–Crippen MR) is 70.6 cm³/mol. The molecule has 0 saturated heterocycles. The van der Waals surface area contributed by atoms with Gasteiger partial charge in [0.25, 0.3) is 0 Å². The topological polar surface area (TPSA) is 37.3 Å². The number of rotatable bonds is 5. The van der Waals surface area contributed by atoms with Gasteiger partial charge in [0.2, 0.25) is 0 Å². The zero-order chi connectivity index (χ0) is 11.3. The third-order valence-corrected chi connectivity index (χ3v) is 3.67. The van der Waals surface area contributed by atoms with E-state index in [4.69, 9.17) is 0 Å². The highest BCUT2D eigenvalue weighted by Crippen LogP contribution is 2.27. The van der Waals surface area contributed by atoms with Crippen LogP contribution in [0.2, 0.25) is 0 Å². The lowest BCUT2D eigenvalue weighted by Crippen LogP contribution is -2.01. The fourth-order valence-corrected chi connectivity index (χ4v) is 2.71. The van der Waals surface area contributed by atoms with Crippen LogP contribution in [0.5, 0.6) is 0 Å². The van der Waals surface area contributed by atoms with Crippen LogP contribution in [0.25, 0.3) is 5.70 Å². The van der Waals surface area contributed by atoms with Gasteiger partial charge in [-0.2, -0.15) is 0 Å². The third kappa shape index (κ3) is 3.44. The van der Waals surface area contributed by atoms with E-state index >= 15 is 0 Å². The molecule has 0 aromatic carbocycles. The van der Waals surface area contributed by atoms with Crippen LogP contribution in [-0.2, 0) is 0 Å². The van der Waals surface area contributed by atoms with Crippen LogP contribution in [0.4, 0.5) is 0 Å². The summed E-state index contributed by atoms with van der Waals surface area (Å²) in [6, 6.07) is 0. The van der Waals surface area contributed by atoms with Gasteiger partial charge in [-0.15, -0.1) is 23.1 Å². The van der Waals surface area contributed by atoms with E-state index in [1.54, 1.807) is 23.1 Å². The number of thiazole rings is 1. The second-order valence-electron chi connectivity index (χ2n) is 2.97. The summed E-state index contributed by atoms with van der Waals surface area (Å²) in [5.74, 6) is 0.871. The lowest BCUT2D eigenvalue weighted by molar-refractivity contribution is 0.985. The number of thioether (sulfide) groups is 1. The zero-order valence-electron chi connectivity index (χ0n) is 9.20. The van der Waals surface area contributed by atoms with Crippen molar-refractivity contribution in [1.82, 2.24) is 10.3 Å². The maximum atomic E-state index is 4.37. The predicted octanol–water partition coefficient (Wildman–Crippen LogP) is 2.67. The second kappa shape index (κ2) is 6.05. The van der Waals surface area contributed by atoms with Gasteiger partial charge in [-0.05, 0) is 33.0 Å². The Kier molecular flexibility index (Phi) is 5.01. The molecular weight excluding hydrogens is 226 g/mol. The number of nitrogens with zero attached hydrogens (tertiary/aromatic N) is 2. The average Bonchev–Trinajstić information content (AvgIpc) is 2.53. The average molecular weight is 241 g/mol. The van der Waals surface area contributed by atoms with Crippen molar-refractivity contribution in [1.29, 1.82) is 0 Å². The molecule has 0 fully saturated rings. The number of aromatic nitrogens is 1. The maximum absolute atomic E-state index is 4.37. The van der Waals surface area contributed by atoms with Crippen LogP contribution in [0.3, 0.4) is 0 Å². The lowest BCUT2D eigenvalue weighted by Gasteiger charge is -1.98. The van der Waals surface area contributed by atoms with Crippen LogP contribution in [0, 0.1) is 13.8 Å². The Labute approximate surface area is 98.7 Å². The summed E-state index contributed by atoms with van der Waals surface area (Å²) in [5, 5.41) is 6.15. The SMILES string of the molecule is C=N/C(=C\SCNC)c1sc(C)nc1C. The Morgan fingerprint density at radius 2 is 2.40 bits per heavy atom. The van der Waals surface area contributed by atoms with Gasteiger partial charge in [-0.3, -0.25) is 4.99 Å². The molecule has 0 saturated carbocycles. The van der Waals surface area contributed by atoms with E-state index in [0.717, 1.165) is 27.2 Å². The van der Waals surface area contributed by atoms with Crippen molar-refractivity contribution in [3.05, 3.63) is 21.0 Å². The minimum absolute atomic E-state index is 0.871. The molecule has 3 nitrogen and oxygen atoms in total. The number of nitrogens with one attached hydrogen (secondary N) is 1. The molecule has 1 heterocycles. The van der Waals surface area contributed by atoms with Gasteiger partial charge in [0.15, 0.2) is 0 Å². The molecule has 0 radical (unpaired) electrons. The number of hydrogen-bond acceptors (Lipinski definition) is 5. The van der Waals surface area contributed by atoms with Gasteiger partial charge >= 0.3 is 0 Å². The molecule has 0 atom stereocenters. The molecule has 1 aromatic heterocycles. The van der Waals surface area contributed by atoms with Crippen LogP contribution in [0.1, 0.15) is 15.6 Å². The summed E-state index contributed by atoms with van der Waals surface area (Å²) in [4.78, 5) is 9.53. The Morgan fingerprint density at radius 3 is 2.87 bits per heavy atom. The van der Waals surface area contributed by atoms with Crippen molar-refractivity contribution in [3.8, 4) is 0 Å². The minimum atomic E-state index is 0.871. The highest BCUT2D eigenvalue weighted by molar-refractivity contribution is 8.02. The first-order valence-corrected chi connectivity index (χ1v) is 6.43. The standard InChI is InChI=1S/C10H15N3S2/c1-7-10(15-8(2)13-7)9(12-4)5-14-6-11-3/h5,11H,4,6H2,1-3H3/b9-5-. The Morgan fingerprint density at radius 1 is 1.67 bits per heavy atom. The monoisotopic (exact) mass is 241 g/mol. The van der Waals surface area contributed by atoms with E-state index < -0.39 is 0 Å². The molecule has 0 amide bonds. The van der Waals surface area contributed by atoms with Gasteiger partial charge in [0.05, 0.1) is 21.3 Å². The Hall–Kier alpha value is -0.650. The maximum Gasteiger partial charge on any atom is 0.0904 e. The van der Waals surface area contributed by atoms with Gasteiger partial charge in [0, 0.05) is 5.88 Å². The van der Waals surface area contributed by atoms with Gasteiger partial charge in [-0.25, -0.2) is 4.98 Å². The molecule has 15 heavy (non-hydrogen) atoms. The summed E-state index contributed by atoms with van der Waals surface area (Å²) in [6.45, 7) is 7.60. The molecule has 0 aliphatic rings. The number of aliphatic imine (C=N–C) groups is 1. The van der Waals surface area contributed by atoms with Crippen molar-refractivity contribution >= 4 is 35.5 Å². The zero-order valence-corrected chi connectivity index (χ0v) is 10.8. The second-order valence-corrected chi connectivity index (χ2v) is 5.03. The summed E-state index contributed by atoms with van der Waals surface area (Å²) in [7, 11) is 1.92. The summed E-state index contributed by atoms with van der Waals surface area (Å²) in [5.41, 5.74) is 1.94. The largest absolute Gasteiger partial charge is 0.311 e. The van der Waals surface area contributed by atoms with Gasteiger partial charge in [-0.1, -0.05) is 0 Å². The lowest BCUT2D eigenvalue weighted by atomic mass is 10.3. The fraction of sp³-hybridized carbons (Fsp3) is 0.400. The molecule has 82 valence electrons. The quantitative estimate of drug-likeness (QED) is 0.489. The first-order valence-electron chi connectivity index (χ1n) is 4.56. The molecule has 1 aromatic rings. The summed E-state index contributed by atoms with van der Waals surface area (Å²) < 4.78 is 0. The molecule has 1 rings (SSSR count). The van der Waals surface area contributed by atoms with Gasteiger partial charge < -0.3 is 5.32 Å². The first kappa shape index (κ1) is 12.4. The summed E-state index contributed by atoms with van der Waals surface area (Å²) >= 11 is 3.33. The van der Waals surface area contributed by atoms with E-state index in [1.807, 2.05) is 26.3 Å². The van der Waals surface area contributed by atoms with Crippen LogP contribution < -0.4 is 5.32 Å². The normalized spacial score (nSPS) is 11.8. The molecule has 5 heteroatoms. The number of aryl methyl sites for hydroxylation is 2. The fourth-order valence-electron chi connectivity index (χ4n) is 1.14. The van der Waals surface area contributed by atoms with Crippen molar-refractivity contribution in [2.24, 2.45) is 4.99 Å². The third-order valence-electron chi connectivity index (χ3n) is 1.73. The Balaban J connectivity index is 2.87.